The molecule has 102 valence electrons. The summed E-state index contributed by atoms with van der Waals surface area (Å²) in [6.07, 6.45) is 0.336. The number of rotatable bonds is 4. The average molecular weight is 278 g/mol. The van der Waals surface area contributed by atoms with Gasteiger partial charge in [-0.25, -0.2) is 0 Å². The Bertz CT molecular complexity index is 488. The van der Waals surface area contributed by atoms with Gasteiger partial charge in [0.2, 0.25) is 11.8 Å². The van der Waals surface area contributed by atoms with Crippen LogP contribution in [0, 0.1) is 0 Å². The summed E-state index contributed by atoms with van der Waals surface area (Å²) in [5.74, 6) is 0.502. The Morgan fingerprint density at radius 3 is 2.89 bits per heavy atom. The van der Waals surface area contributed by atoms with E-state index in [1.165, 1.54) is 0 Å². The van der Waals surface area contributed by atoms with Crippen molar-refractivity contribution in [2.24, 2.45) is 0 Å². The lowest BCUT2D eigenvalue weighted by Crippen LogP contribution is -2.39. The normalized spacial score (nSPS) is 14.5. The van der Waals surface area contributed by atoms with E-state index in [1.807, 2.05) is 38.1 Å². The predicted octanol–water partition coefficient (Wildman–Crippen LogP) is 2.04. The number of carbonyl (C=O) groups is 2. The van der Waals surface area contributed by atoms with E-state index < -0.39 is 0 Å². The van der Waals surface area contributed by atoms with Gasteiger partial charge >= 0.3 is 0 Å². The number of carbonyl (C=O) groups excluding carboxylic acids is 2. The zero-order chi connectivity index (χ0) is 13.8. The van der Waals surface area contributed by atoms with Crippen LogP contribution in [0.2, 0.25) is 0 Å². The molecule has 0 radical (unpaired) electrons. The third-order valence-corrected chi connectivity index (χ3v) is 3.87. The molecule has 1 aromatic rings. The maximum Gasteiger partial charge on any atom is 0.237 e. The summed E-state index contributed by atoms with van der Waals surface area (Å²) in [7, 11) is 0. The molecule has 1 heterocycles. The van der Waals surface area contributed by atoms with Gasteiger partial charge in [-0.3, -0.25) is 9.59 Å². The summed E-state index contributed by atoms with van der Waals surface area (Å²) in [4.78, 5) is 26.4. The lowest BCUT2D eigenvalue weighted by molar-refractivity contribution is -0.121. The molecule has 0 fully saturated rings. The molecule has 19 heavy (non-hydrogen) atoms. The Morgan fingerprint density at radius 1 is 1.42 bits per heavy atom. The maximum atomic E-state index is 12.0. The van der Waals surface area contributed by atoms with Gasteiger partial charge in [0, 0.05) is 23.9 Å². The van der Waals surface area contributed by atoms with Crippen LogP contribution in [0.25, 0.3) is 0 Å². The van der Waals surface area contributed by atoms with Crippen LogP contribution in [-0.2, 0) is 9.59 Å². The largest absolute Gasteiger partial charge is 0.354 e. The number of thioether (sulfide) groups is 1. The lowest BCUT2D eigenvalue weighted by atomic mass is 10.2. The molecule has 1 aliphatic rings. The molecule has 0 saturated heterocycles. The van der Waals surface area contributed by atoms with Crippen molar-refractivity contribution in [3.05, 3.63) is 24.3 Å². The molecule has 2 rings (SSSR count). The molecule has 1 aliphatic heterocycles. The number of nitrogens with one attached hydrogen (secondary N) is 1. The van der Waals surface area contributed by atoms with Gasteiger partial charge in [0.25, 0.3) is 0 Å². The smallest absolute Gasteiger partial charge is 0.237 e. The molecular weight excluding hydrogens is 260 g/mol. The molecule has 0 aliphatic carbocycles. The summed E-state index contributed by atoms with van der Waals surface area (Å²) in [5.41, 5.74) is 0.918. The van der Waals surface area contributed by atoms with E-state index in [-0.39, 0.29) is 17.9 Å². The second kappa shape index (κ2) is 6.10. The Labute approximate surface area is 117 Å². The number of anilines is 1. The second-order valence-electron chi connectivity index (χ2n) is 4.77. The number of nitrogens with zero attached hydrogens (tertiary/aromatic N) is 1. The highest BCUT2D eigenvalue weighted by atomic mass is 32.2. The van der Waals surface area contributed by atoms with Gasteiger partial charge in [-0.15, -0.1) is 11.8 Å². The number of para-hydroxylation sites is 1. The van der Waals surface area contributed by atoms with Crippen molar-refractivity contribution in [2.75, 3.05) is 17.2 Å². The molecular formula is C14H18N2O2S. The Morgan fingerprint density at radius 2 is 2.16 bits per heavy atom. The summed E-state index contributed by atoms with van der Waals surface area (Å²) in [6.45, 7) is 4.29. The summed E-state index contributed by atoms with van der Waals surface area (Å²) in [6, 6.07) is 7.95. The van der Waals surface area contributed by atoms with Gasteiger partial charge in [0.05, 0.1) is 11.4 Å². The van der Waals surface area contributed by atoms with Gasteiger partial charge < -0.3 is 10.2 Å². The number of fused-ring (bicyclic) bond motifs is 1. The van der Waals surface area contributed by atoms with Crippen molar-refractivity contribution in [3.8, 4) is 0 Å². The monoisotopic (exact) mass is 278 g/mol. The highest BCUT2D eigenvalue weighted by Gasteiger charge is 2.24. The van der Waals surface area contributed by atoms with Gasteiger partial charge in [0.15, 0.2) is 0 Å². The quantitative estimate of drug-likeness (QED) is 0.917. The molecule has 2 amide bonds. The average Bonchev–Trinajstić information content (AvgIpc) is 2.36. The van der Waals surface area contributed by atoms with Crippen LogP contribution in [0.5, 0.6) is 0 Å². The SMILES string of the molecule is CC(C)NC(=O)CCN1C(=O)CSc2ccccc21. The Balaban J connectivity index is 2.03. The maximum absolute atomic E-state index is 12.0. The molecule has 0 aromatic heterocycles. The van der Waals surface area contributed by atoms with Crippen molar-refractivity contribution < 1.29 is 9.59 Å². The van der Waals surface area contributed by atoms with Crippen LogP contribution < -0.4 is 10.2 Å². The first-order valence-corrected chi connectivity index (χ1v) is 7.38. The van der Waals surface area contributed by atoms with Gasteiger partial charge in [-0.05, 0) is 26.0 Å². The topological polar surface area (TPSA) is 49.4 Å². The molecule has 0 spiro atoms. The zero-order valence-electron chi connectivity index (χ0n) is 11.2. The molecule has 0 bridgehead atoms. The van der Waals surface area contributed by atoms with E-state index in [4.69, 9.17) is 0 Å². The highest BCUT2D eigenvalue weighted by Crippen LogP contribution is 2.34. The molecule has 0 unspecified atom stereocenters. The van der Waals surface area contributed by atoms with E-state index >= 15 is 0 Å². The van der Waals surface area contributed by atoms with Gasteiger partial charge in [0.1, 0.15) is 0 Å². The third-order valence-electron chi connectivity index (χ3n) is 2.82. The number of benzene rings is 1. The van der Waals surface area contributed by atoms with Crippen LogP contribution >= 0.6 is 11.8 Å². The van der Waals surface area contributed by atoms with Crippen LogP contribution in [0.3, 0.4) is 0 Å². The number of amides is 2. The molecule has 0 saturated carbocycles. The summed E-state index contributed by atoms with van der Waals surface area (Å²) >= 11 is 1.55. The third kappa shape index (κ3) is 3.50. The van der Waals surface area contributed by atoms with E-state index in [9.17, 15) is 9.59 Å². The Kier molecular flexibility index (Phi) is 4.47. The minimum atomic E-state index is -0.0153. The first-order valence-electron chi connectivity index (χ1n) is 6.39. The van der Waals surface area contributed by atoms with Gasteiger partial charge in [-0.1, -0.05) is 12.1 Å². The molecule has 0 atom stereocenters. The van der Waals surface area contributed by atoms with Crippen LogP contribution in [0.1, 0.15) is 20.3 Å². The predicted molar refractivity (Wildman–Crippen MR) is 77.4 cm³/mol. The Hall–Kier alpha value is -1.49. The molecule has 1 N–H and O–H groups in total. The standard InChI is InChI=1S/C14H18N2O2S/c1-10(2)15-13(17)7-8-16-11-5-3-4-6-12(11)19-9-14(16)18/h3-6,10H,7-9H2,1-2H3,(H,15,17). The van der Waals surface area contributed by atoms with Gasteiger partial charge in [-0.2, -0.15) is 0 Å². The van der Waals surface area contributed by atoms with Crippen molar-refractivity contribution >= 4 is 29.3 Å². The van der Waals surface area contributed by atoms with Crippen molar-refractivity contribution in [1.82, 2.24) is 5.32 Å². The molecule has 5 heteroatoms. The second-order valence-corrected chi connectivity index (χ2v) is 5.79. The van der Waals surface area contributed by atoms with Crippen molar-refractivity contribution in [3.63, 3.8) is 0 Å². The van der Waals surface area contributed by atoms with Crippen LogP contribution in [0.15, 0.2) is 29.2 Å². The van der Waals surface area contributed by atoms with Crippen molar-refractivity contribution in [1.29, 1.82) is 0 Å². The minimum absolute atomic E-state index is 0.0153. The number of hydrogen-bond donors (Lipinski definition) is 1. The van der Waals surface area contributed by atoms with Crippen LogP contribution in [-0.4, -0.2) is 30.2 Å². The fourth-order valence-corrected chi connectivity index (χ4v) is 2.94. The summed E-state index contributed by atoms with van der Waals surface area (Å²) in [5, 5.41) is 2.84. The lowest BCUT2D eigenvalue weighted by Gasteiger charge is -2.28. The fraction of sp³-hybridized carbons (Fsp3) is 0.429. The first-order chi connectivity index (χ1) is 9.08. The number of hydrogen-bond acceptors (Lipinski definition) is 3. The highest BCUT2D eigenvalue weighted by molar-refractivity contribution is 8.00. The molecule has 1 aromatic carbocycles. The van der Waals surface area contributed by atoms with Crippen LogP contribution in [0.4, 0.5) is 5.69 Å². The first kappa shape index (κ1) is 13.9. The zero-order valence-corrected chi connectivity index (χ0v) is 12.0. The summed E-state index contributed by atoms with van der Waals surface area (Å²) < 4.78 is 0. The van der Waals surface area contributed by atoms with E-state index in [1.54, 1.807) is 16.7 Å². The van der Waals surface area contributed by atoms with E-state index in [2.05, 4.69) is 5.32 Å². The van der Waals surface area contributed by atoms with E-state index in [0.717, 1.165) is 10.6 Å². The van der Waals surface area contributed by atoms with E-state index in [0.29, 0.717) is 18.7 Å². The molecule has 4 nitrogen and oxygen atoms in total. The minimum Gasteiger partial charge on any atom is -0.354 e. The van der Waals surface area contributed by atoms with Crippen molar-refractivity contribution in [2.45, 2.75) is 31.2 Å². The fourth-order valence-electron chi connectivity index (χ4n) is 2.01.